The second-order valence-electron chi connectivity index (χ2n) is 8.37. The van der Waals surface area contributed by atoms with Crippen LogP contribution in [0.2, 0.25) is 0 Å². The lowest BCUT2D eigenvalue weighted by molar-refractivity contribution is -0.120. The number of aromatic hydroxyl groups is 1. The van der Waals surface area contributed by atoms with Gasteiger partial charge in [-0.15, -0.1) is 0 Å². The summed E-state index contributed by atoms with van der Waals surface area (Å²) < 4.78 is 7.96. The third-order valence-electron chi connectivity index (χ3n) is 7.52. The SMILES string of the molecule is CO[C@H]1C[C@@]2(C)[C@@H](CC[C@@]2(O)/C=C\[125I])[C@@H]2CCc3cc(O)ccc3[C@H]21. The van der Waals surface area contributed by atoms with E-state index >= 15 is 0 Å². The highest BCUT2D eigenvalue weighted by Crippen LogP contribution is 2.65. The largest absolute Gasteiger partial charge is 0.508 e. The molecule has 2 N–H and O–H groups in total. The normalized spacial score (nSPS) is 42.9. The third-order valence-corrected chi connectivity index (χ3v) is 7.88. The number of hydrogen-bond donors (Lipinski definition) is 2. The van der Waals surface area contributed by atoms with Crippen molar-refractivity contribution in [2.24, 2.45) is 17.3 Å². The first-order chi connectivity index (χ1) is 11.9. The van der Waals surface area contributed by atoms with Crippen molar-refractivity contribution in [3.05, 3.63) is 39.5 Å². The van der Waals surface area contributed by atoms with Crippen LogP contribution in [0.25, 0.3) is 0 Å². The lowest BCUT2D eigenvalue weighted by atomic mass is 9.52. The summed E-state index contributed by atoms with van der Waals surface area (Å²) >= 11 is 2.22. The first-order valence-electron chi connectivity index (χ1n) is 9.28. The van der Waals surface area contributed by atoms with Crippen molar-refractivity contribution in [1.82, 2.24) is 0 Å². The standard InChI is InChI=1S/C21H27IO3/c1-20-12-18(25-2)19-15-6-4-14(23)11-13(15)3-5-16(19)17(20)7-8-21(20,24)9-10-22/h4,6,9-11,16-19,23-24H,3,5,7-8,12H2,1-2H3/b10-9-/t16-,17-,18-,19+,20-,21+/m0/s1/i22-2. The van der Waals surface area contributed by atoms with Crippen LogP contribution < -0.4 is 0 Å². The predicted molar refractivity (Wildman–Crippen MR) is 107 cm³/mol. The van der Waals surface area contributed by atoms with Crippen LogP contribution in [0, 0.1) is 17.3 Å². The van der Waals surface area contributed by atoms with Crippen LogP contribution in [0.1, 0.15) is 49.7 Å². The smallest absolute Gasteiger partial charge is 0.115 e. The number of hydrogen-bond acceptors (Lipinski definition) is 3. The number of aliphatic hydroxyl groups is 1. The van der Waals surface area contributed by atoms with Gasteiger partial charge in [-0.1, -0.05) is 35.6 Å². The number of phenols is 1. The molecular weight excluding hydrogens is 425 g/mol. The van der Waals surface area contributed by atoms with Gasteiger partial charge in [0, 0.05) is 18.4 Å². The number of aryl methyl sites for hydroxylation is 1. The maximum atomic E-state index is 11.4. The molecule has 3 aliphatic carbocycles. The van der Waals surface area contributed by atoms with E-state index in [-0.39, 0.29) is 11.5 Å². The molecule has 0 spiro atoms. The summed E-state index contributed by atoms with van der Waals surface area (Å²) in [6.45, 7) is 2.27. The summed E-state index contributed by atoms with van der Waals surface area (Å²) in [6.07, 6.45) is 7.05. The van der Waals surface area contributed by atoms with Crippen LogP contribution in [0.5, 0.6) is 5.75 Å². The molecular formula is C21H27IO3. The first-order valence-corrected chi connectivity index (χ1v) is 10.5. The molecule has 1 aromatic carbocycles. The van der Waals surface area contributed by atoms with Gasteiger partial charge in [-0.25, -0.2) is 0 Å². The molecule has 6 atom stereocenters. The monoisotopic (exact) mass is 452 g/mol. The van der Waals surface area contributed by atoms with Gasteiger partial charge in [0.15, 0.2) is 0 Å². The van der Waals surface area contributed by atoms with Crippen molar-refractivity contribution in [3.8, 4) is 5.75 Å². The summed E-state index contributed by atoms with van der Waals surface area (Å²) in [5.74, 6) is 1.79. The van der Waals surface area contributed by atoms with Crippen molar-refractivity contribution in [2.45, 2.75) is 56.7 Å². The van der Waals surface area contributed by atoms with E-state index in [0.717, 1.165) is 32.1 Å². The van der Waals surface area contributed by atoms with E-state index in [9.17, 15) is 10.2 Å². The van der Waals surface area contributed by atoms with E-state index in [0.29, 0.717) is 23.5 Å². The minimum Gasteiger partial charge on any atom is -0.508 e. The molecule has 136 valence electrons. The highest BCUT2D eigenvalue weighted by Gasteiger charge is 2.63. The number of ether oxygens (including phenoxy) is 1. The Balaban J connectivity index is 1.78. The fourth-order valence-electron chi connectivity index (χ4n) is 6.26. The van der Waals surface area contributed by atoms with E-state index in [1.165, 1.54) is 11.1 Å². The van der Waals surface area contributed by atoms with Gasteiger partial charge in [0.1, 0.15) is 5.75 Å². The average molecular weight is 452 g/mol. The maximum absolute atomic E-state index is 11.4. The minimum atomic E-state index is -0.726. The molecule has 3 nitrogen and oxygen atoms in total. The molecule has 0 amide bonds. The molecule has 0 bridgehead atoms. The number of rotatable bonds is 2. The molecule has 4 heteroatoms. The fraction of sp³-hybridized carbons (Fsp3) is 0.619. The van der Waals surface area contributed by atoms with Crippen LogP contribution >= 0.6 is 22.6 Å². The minimum absolute atomic E-state index is 0.113. The van der Waals surface area contributed by atoms with Crippen LogP contribution in [0.15, 0.2) is 28.4 Å². The van der Waals surface area contributed by atoms with Crippen molar-refractivity contribution in [3.63, 3.8) is 0 Å². The van der Waals surface area contributed by atoms with Crippen LogP contribution in [-0.2, 0) is 11.2 Å². The Kier molecular flexibility index (Phi) is 4.44. The number of benzene rings is 1. The van der Waals surface area contributed by atoms with Gasteiger partial charge in [-0.05, 0) is 77.4 Å². The Hall–Kier alpha value is -0.590. The predicted octanol–water partition coefficient (Wildman–Crippen LogP) is 4.55. The lowest BCUT2D eigenvalue weighted by Gasteiger charge is -2.55. The van der Waals surface area contributed by atoms with E-state index in [4.69, 9.17) is 4.74 Å². The van der Waals surface area contributed by atoms with Crippen molar-refractivity contribution in [1.29, 1.82) is 0 Å². The molecule has 0 aliphatic heterocycles. The fourth-order valence-corrected chi connectivity index (χ4v) is 6.86. The van der Waals surface area contributed by atoms with Crippen molar-refractivity contribution < 1.29 is 14.9 Å². The molecule has 0 saturated heterocycles. The molecule has 1 aromatic rings. The van der Waals surface area contributed by atoms with Crippen LogP contribution in [0.4, 0.5) is 0 Å². The highest BCUT2D eigenvalue weighted by molar-refractivity contribution is 14.1. The second kappa shape index (κ2) is 6.24. The third kappa shape index (κ3) is 2.51. The Labute approximate surface area is 163 Å². The van der Waals surface area contributed by atoms with Gasteiger partial charge >= 0.3 is 0 Å². The molecule has 25 heavy (non-hydrogen) atoms. The van der Waals surface area contributed by atoms with Crippen LogP contribution in [0.3, 0.4) is 0 Å². The average Bonchev–Trinajstić information content (AvgIpc) is 2.85. The molecule has 2 fully saturated rings. The Bertz CT molecular complexity index is 702. The first kappa shape index (κ1) is 17.8. The number of halogens is 1. The van der Waals surface area contributed by atoms with Gasteiger partial charge in [-0.2, -0.15) is 0 Å². The van der Waals surface area contributed by atoms with Crippen molar-refractivity contribution in [2.75, 3.05) is 7.11 Å². The van der Waals surface area contributed by atoms with Gasteiger partial charge in [0.05, 0.1) is 11.7 Å². The van der Waals surface area contributed by atoms with Gasteiger partial charge in [0.2, 0.25) is 0 Å². The summed E-state index contributed by atoms with van der Waals surface area (Å²) in [5, 5.41) is 21.3. The molecule has 3 aliphatic rings. The zero-order chi connectivity index (χ0) is 17.8. The highest BCUT2D eigenvalue weighted by atomic mass is 125. The van der Waals surface area contributed by atoms with Gasteiger partial charge < -0.3 is 14.9 Å². The molecule has 0 radical (unpaired) electrons. The summed E-state index contributed by atoms with van der Waals surface area (Å²) in [6, 6.07) is 5.84. The van der Waals surface area contributed by atoms with E-state index in [1.807, 2.05) is 29.4 Å². The van der Waals surface area contributed by atoms with Gasteiger partial charge in [0.25, 0.3) is 0 Å². The molecule has 0 unspecified atom stereocenters. The Morgan fingerprint density at radius 1 is 1.32 bits per heavy atom. The summed E-state index contributed by atoms with van der Waals surface area (Å²) in [5.41, 5.74) is 1.76. The van der Waals surface area contributed by atoms with Gasteiger partial charge in [-0.3, -0.25) is 0 Å². The molecule has 0 heterocycles. The second-order valence-corrected chi connectivity index (χ2v) is 9.09. The zero-order valence-corrected chi connectivity index (χ0v) is 17.1. The van der Waals surface area contributed by atoms with E-state index < -0.39 is 5.60 Å². The topological polar surface area (TPSA) is 49.7 Å². The maximum Gasteiger partial charge on any atom is 0.115 e. The zero-order valence-electron chi connectivity index (χ0n) is 14.9. The molecule has 2 saturated carbocycles. The quantitative estimate of drug-likeness (QED) is 0.648. The number of phenolic OH excluding ortho intramolecular Hbond substituents is 1. The van der Waals surface area contributed by atoms with Crippen LogP contribution in [-0.4, -0.2) is 29.0 Å². The number of methoxy groups -OCH3 is 1. The Morgan fingerprint density at radius 3 is 2.84 bits per heavy atom. The summed E-state index contributed by atoms with van der Waals surface area (Å²) in [7, 11) is 1.81. The molecule has 0 aromatic heterocycles. The number of fused-ring (bicyclic) bond motifs is 5. The van der Waals surface area contributed by atoms with Crippen molar-refractivity contribution >= 4 is 22.6 Å². The Morgan fingerprint density at radius 2 is 2.12 bits per heavy atom. The van der Waals surface area contributed by atoms with E-state index in [2.05, 4.69) is 35.6 Å². The summed E-state index contributed by atoms with van der Waals surface area (Å²) in [4.78, 5) is 0. The molecule has 4 rings (SSSR count). The lowest BCUT2D eigenvalue weighted by Crippen LogP contribution is -2.54. The van der Waals surface area contributed by atoms with E-state index in [1.54, 1.807) is 0 Å².